The number of piperidine rings is 1. The van der Waals surface area contributed by atoms with Crippen molar-refractivity contribution in [2.45, 2.75) is 51.2 Å². The third kappa shape index (κ3) is 4.18. The molecule has 1 aromatic rings. The summed E-state index contributed by atoms with van der Waals surface area (Å²) in [5.41, 5.74) is 2.30. The van der Waals surface area contributed by atoms with E-state index in [0.717, 1.165) is 82.7 Å². The quantitative estimate of drug-likeness (QED) is 0.723. The Balaban J connectivity index is 1.17. The van der Waals surface area contributed by atoms with E-state index in [1.165, 1.54) is 19.3 Å². The first kappa shape index (κ1) is 20.2. The lowest BCUT2D eigenvalue weighted by Crippen LogP contribution is -2.59. The number of nitrogens with zero attached hydrogens (tertiary/aromatic N) is 6. The van der Waals surface area contributed by atoms with E-state index in [2.05, 4.69) is 31.5 Å². The standard InChI is InChI=1S/C22H34N6O2/c1-17-3-2-4-19-15-27(7-8-28(17)19)21(29)16-25-6-5-20-18(14-25)13-23-22(24-20)26-9-11-30-12-10-26/h13,17,19H,2-12,14-16H2,1H3/t17?,19-/m0/s1. The Morgan fingerprint density at radius 2 is 2.03 bits per heavy atom. The molecule has 3 fully saturated rings. The number of carbonyl (C=O) groups is 1. The molecule has 5 heterocycles. The summed E-state index contributed by atoms with van der Waals surface area (Å²) >= 11 is 0. The predicted molar refractivity (Wildman–Crippen MR) is 114 cm³/mol. The molecule has 3 saturated heterocycles. The number of morpholine rings is 1. The summed E-state index contributed by atoms with van der Waals surface area (Å²) in [6.45, 7) is 10.5. The van der Waals surface area contributed by atoms with Crippen LogP contribution in [0.25, 0.3) is 0 Å². The van der Waals surface area contributed by atoms with E-state index in [0.29, 0.717) is 18.6 Å². The van der Waals surface area contributed by atoms with Crippen molar-refractivity contribution in [1.29, 1.82) is 0 Å². The minimum Gasteiger partial charge on any atom is -0.378 e. The fourth-order valence-corrected chi connectivity index (χ4v) is 5.45. The van der Waals surface area contributed by atoms with Gasteiger partial charge in [-0.05, 0) is 19.8 Å². The van der Waals surface area contributed by atoms with Crippen molar-refractivity contribution in [2.24, 2.45) is 0 Å². The lowest BCUT2D eigenvalue weighted by molar-refractivity contribution is -0.137. The number of rotatable bonds is 3. The second-order valence-corrected chi connectivity index (χ2v) is 9.21. The average molecular weight is 415 g/mol. The van der Waals surface area contributed by atoms with Gasteiger partial charge in [0.2, 0.25) is 11.9 Å². The highest BCUT2D eigenvalue weighted by Crippen LogP contribution is 2.26. The Hall–Kier alpha value is -1.77. The molecule has 2 atom stereocenters. The van der Waals surface area contributed by atoms with Crippen LogP contribution in [0.3, 0.4) is 0 Å². The Morgan fingerprint density at radius 1 is 1.17 bits per heavy atom. The van der Waals surface area contributed by atoms with E-state index in [4.69, 9.17) is 9.72 Å². The molecule has 0 aliphatic carbocycles. The van der Waals surface area contributed by atoms with Crippen LogP contribution in [-0.2, 0) is 22.5 Å². The molecule has 0 N–H and O–H groups in total. The summed E-state index contributed by atoms with van der Waals surface area (Å²) in [7, 11) is 0. The first-order chi connectivity index (χ1) is 14.7. The van der Waals surface area contributed by atoms with E-state index in [1.54, 1.807) is 0 Å². The van der Waals surface area contributed by atoms with Crippen LogP contribution in [0, 0.1) is 0 Å². The highest BCUT2D eigenvalue weighted by Gasteiger charge is 2.35. The summed E-state index contributed by atoms with van der Waals surface area (Å²) < 4.78 is 5.43. The Labute approximate surface area is 179 Å². The minimum absolute atomic E-state index is 0.280. The van der Waals surface area contributed by atoms with Gasteiger partial charge in [-0.2, -0.15) is 0 Å². The number of hydrogen-bond donors (Lipinski definition) is 0. The largest absolute Gasteiger partial charge is 0.378 e. The van der Waals surface area contributed by atoms with Crippen LogP contribution in [0.1, 0.15) is 37.4 Å². The molecule has 4 aliphatic rings. The molecule has 164 valence electrons. The predicted octanol–water partition coefficient (Wildman–Crippen LogP) is 0.757. The highest BCUT2D eigenvalue weighted by atomic mass is 16.5. The Kier molecular flexibility index (Phi) is 5.89. The molecule has 1 aromatic heterocycles. The minimum atomic E-state index is 0.280. The van der Waals surface area contributed by atoms with Crippen LogP contribution >= 0.6 is 0 Å². The molecule has 0 radical (unpaired) electrons. The van der Waals surface area contributed by atoms with Gasteiger partial charge in [0.15, 0.2) is 0 Å². The molecule has 0 spiro atoms. The maximum Gasteiger partial charge on any atom is 0.236 e. The van der Waals surface area contributed by atoms with Crippen molar-refractivity contribution < 1.29 is 9.53 Å². The van der Waals surface area contributed by atoms with E-state index in [9.17, 15) is 4.79 Å². The van der Waals surface area contributed by atoms with Crippen LogP contribution < -0.4 is 4.90 Å². The van der Waals surface area contributed by atoms with E-state index in [1.807, 2.05) is 6.20 Å². The summed E-state index contributed by atoms with van der Waals surface area (Å²) in [5.74, 6) is 1.10. The molecule has 0 saturated carbocycles. The highest BCUT2D eigenvalue weighted by molar-refractivity contribution is 5.78. The first-order valence-electron chi connectivity index (χ1n) is 11.6. The Morgan fingerprint density at radius 3 is 2.90 bits per heavy atom. The SMILES string of the molecule is CC1CCC[C@H]2CN(C(=O)CN3CCc4nc(N5CCOCC5)ncc4C3)CCN12. The summed E-state index contributed by atoms with van der Waals surface area (Å²) in [4.78, 5) is 31.6. The van der Waals surface area contributed by atoms with Crippen LogP contribution in [0.5, 0.6) is 0 Å². The van der Waals surface area contributed by atoms with E-state index < -0.39 is 0 Å². The van der Waals surface area contributed by atoms with Gasteiger partial charge in [-0.15, -0.1) is 0 Å². The molecule has 0 bridgehead atoms. The molecular formula is C22H34N6O2. The fraction of sp³-hybridized carbons (Fsp3) is 0.773. The molecule has 0 aromatic carbocycles. The van der Waals surface area contributed by atoms with Crippen LogP contribution in [0.4, 0.5) is 5.95 Å². The van der Waals surface area contributed by atoms with Gasteiger partial charge in [-0.3, -0.25) is 14.6 Å². The molecule has 8 nitrogen and oxygen atoms in total. The van der Waals surface area contributed by atoms with Crippen molar-refractivity contribution in [3.8, 4) is 0 Å². The summed E-state index contributed by atoms with van der Waals surface area (Å²) in [5, 5.41) is 0. The zero-order chi connectivity index (χ0) is 20.5. The maximum atomic E-state index is 13.0. The van der Waals surface area contributed by atoms with Gasteiger partial charge in [0.05, 0.1) is 25.5 Å². The Bertz CT molecular complexity index is 768. The number of ether oxygens (including phenoxy) is 1. The smallest absolute Gasteiger partial charge is 0.236 e. The van der Waals surface area contributed by atoms with Gasteiger partial charge in [-0.25, -0.2) is 9.97 Å². The number of fused-ring (bicyclic) bond motifs is 2. The van der Waals surface area contributed by atoms with E-state index in [-0.39, 0.29) is 5.91 Å². The topological polar surface area (TPSA) is 65.0 Å². The molecule has 1 unspecified atom stereocenters. The van der Waals surface area contributed by atoms with Crippen molar-refractivity contribution in [3.63, 3.8) is 0 Å². The summed E-state index contributed by atoms with van der Waals surface area (Å²) in [6, 6.07) is 1.22. The second kappa shape index (κ2) is 8.77. The number of amides is 1. The van der Waals surface area contributed by atoms with Crippen LogP contribution in [0.2, 0.25) is 0 Å². The van der Waals surface area contributed by atoms with Crippen molar-refractivity contribution in [1.82, 2.24) is 24.7 Å². The third-order valence-electron chi connectivity index (χ3n) is 7.26. The third-order valence-corrected chi connectivity index (χ3v) is 7.26. The molecule has 30 heavy (non-hydrogen) atoms. The zero-order valence-electron chi connectivity index (χ0n) is 18.1. The van der Waals surface area contributed by atoms with Crippen LogP contribution in [0.15, 0.2) is 6.20 Å². The van der Waals surface area contributed by atoms with Gasteiger partial charge in [0.25, 0.3) is 0 Å². The number of aromatic nitrogens is 2. The van der Waals surface area contributed by atoms with Gasteiger partial charge in [-0.1, -0.05) is 6.42 Å². The number of piperazine rings is 1. The second-order valence-electron chi connectivity index (χ2n) is 9.21. The number of carbonyl (C=O) groups excluding carboxylic acids is 1. The molecular weight excluding hydrogens is 380 g/mol. The van der Waals surface area contributed by atoms with Crippen molar-refractivity contribution in [2.75, 3.05) is 63.9 Å². The number of anilines is 1. The van der Waals surface area contributed by atoms with Gasteiger partial charge in [0.1, 0.15) is 0 Å². The lowest BCUT2D eigenvalue weighted by atomic mass is 9.94. The molecule has 5 rings (SSSR count). The maximum absolute atomic E-state index is 13.0. The van der Waals surface area contributed by atoms with Gasteiger partial charge >= 0.3 is 0 Å². The molecule has 8 heteroatoms. The van der Waals surface area contributed by atoms with Gasteiger partial charge in [0, 0.05) is 76.1 Å². The average Bonchev–Trinajstić information content (AvgIpc) is 2.79. The molecule has 1 amide bonds. The van der Waals surface area contributed by atoms with Crippen molar-refractivity contribution >= 4 is 11.9 Å². The van der Waals surface area contributed by atoms with E-state index >= 15 is 0 Å². The zero-order valence-corrected chi connectivity index (χ0v) is 18.1. The fourth-order valence-electron chi connectivity index (χ4n) is 5.45. The first-order valence-corrected chi connectivity index (χ1v) is 11.6. The normalized spacial score (nSPS) is 28.2. The van der Waals surface area contributed by atoms with Gasteiger partial charge < -0.3 is 14.5 Å². The van der Waals surface area contributed by atoms with Crippen LogP contribution in [-0.4, -0.2) is 102 Å². The van der Waals surface area contributed by atoms with Crippen molar-refractivity contribution in [3.05, 3.63) is 17.5 Å². The molecule has 4 aliphatic heterocycles. The summed E-state index contributed by atoms with van der Waals surface area (Å²) in [6.07, 6.45) is 6.67. The lowest BCUT2D eigenvalue weighted by Gasteiger charge is -2.47. The number of hydrogen-bond acceptors (Lipinski definition) is 7. The monoisotopic (exact) mass is 414 g/mol.